The SMILES string of the molecule is CCCCCCCC1(CC[C@@H]2C(CC=CCCCC(=O)OC(C)C)C(=O)C[C@H]2CO)OCCO1.CCCCCCCC1(CC[C@@H]2C(CC=CCCCC(=O)OC(C)C)C(=O)C[C@H]2COS(=O)(=O)c2ccc(C)cc2)OCCO1. The van der Waals surface area contributed by atoms with Gasteiger partial charge in [0.1, 0.15) is 11.6 Å². The number of allylic oxidation sites excluding steroid dienone is 4. The van der Waals surface area contributed by atoms with E-state index in [1.807, 2.05) is 46.8 Å². The Hall–Kier alpha value is -3.31. The third kappa shape index (κ3) is 24.0. The zero-order valence-electron chi connectivity index (χ0n) is 49.0. The van der Waals surface area contributed by atoms with Crippen LogP contribution >= 0.6 is 0 Å². The lowest BCUT2D eigenvalue weighted by Gasteiger charge is -2.31. The van der Waals surface area contributed by atoms with E-state index in [0.717, 1.165) is 69.8 Å². The molecule has 15 heteroatoms. The van der Waals surface area contributed by atoms with Crippen LogP contribution in [0.2, 0.25) is 0 Å². The largest absolute Gasteiger partial charge is 0.463 e. The smallest absolute Gasteiger partial charge is 0.306 e. The Bertz CT molecular complexity index is 2050. The molecule has 14 nitrogen and oxygen atoms in total. The van der Waals surface area contributed by atoms with E-state index in [2.05, 4.69) is 26.0 Å². The number of benzene rings is 1. The first kappa shape index (κ1) is 67.2. The van der Waals surface area contributed by atoms with Gasteiger partial charge in [-0.15, -0.1) is 0 Å². The molecule has 0 aromatic heterocycles. The molecule has 2 unspecified atom stereocenters. The van der Waals surface area contributed by atoms with Gasteiger partial charge in [-0.05, 0) is 135 Å². The van der Waals surface area contributed by atoms with E-state index in [-0.39, 0.29) is 89.3 Å². The van der Waals surface area contributed by atoms with Crippen LogP contribution in [-0.4, -0.2) is 100 Å². The molecule has 444 valence electrons. The van der Waals surface area contributed by atoms with Crippen LogP contribution in [0.25, 0.3) is 0 Å². The molecule has 1 aromatic rings. The summed E-state index contributed by atoms with van der Waals surface area (Å²) in [5.74, 6) is -1.45. The van der Waals surface area contributed by atoms with Gasteiger partial charge in [-0.1, -0.05) is 107 Å². The quantitative estimate of drug-likeness (QED) is 0.0287. The lowest BCUT2D eigenvalue weighted by Crippen LogP contribution is -2.32. The van der Waals surface area contributed by atoms with Crippen molar-refractivity contribution < 1.29 is 65.3 Å². The molecule has 0 spiro atoms. The molecule has 6 atom stereocenters. The average Bonchev–Trinajstić information content (AvgIpc) is 4.21. The van der Waals surface area contributed by atoms with Gasteiger partial charge in [0.15, 0.2) is 11.6 Å². The van der Waals surface area contributed by atoms with Crippen LogP contribution < -0.4 is 0 Å². The zero-order valence-corrected chi connectivity index (χ0v) is 49.8. The molecule has 2 aliphatic carbocycles. The number of ketones is 2. The summed E-state index contributed by atoms with van der Waals surface area (Å²) in [6.07, 6.45) is 30.3. The van der Waals surface area contributed by atoms with Gasteiger partial charge in [0.25, 0.3) is 10.1 Å². The number of aliphatic hydroxyl groups excluding tert-OH is 1. The maximum atomic E-state index is 13.3. The molecule has 2 heterocycles. The predicted molar refractivity (Wildman–Crippen MR) is 304 cm³/mol. The number of ether oxygens (including phenoxy) is 6. The zero-order chi connectivity index (χ0) is 56.8. The Morgan fingerprint density at radius 2 is 1.04 bits per heavy atom. The van der Waals surface area contributed by atoms with E-state index in [0.29, 0.717) is 84.2 Å². The predicted octanol–water partition coefficient (Wildman–Crippen LogP) is 13.2. The van der Waals surface area contributed by atoms with Crippen LogP contribution in [0.4, 0.5) is 0 Å². The number of unbranched alkanes of at least 4 members (excludes halogenated alkanes) is 10. The summed E-state index contributed by atoms with van der Waals surface area (Å²) < 4.78 is 66.4. The molecule has 0 amide bonds. The van der Waals surface area contributed by atoms with Crippen molar-refractivity contribution >= 4 is 33.6 Å². The van der Waals surface area contributed by atoms with E-state index < -0.39 is 21.7 Å². The summed E-state index contributed by atoms with van der Waals surface area (Å²) in [4.78, 5) is 49.6. The van der Waals surface area contributed by atoms with E-state index in [4.69, 9.17) is 32.6 Å². The van der Waals surface area contributed by atoms with Crippen LogP contribution in [-0.2, 0) is 61.9 Å². The number of aryl methyl sites for hydroxylation is 1. The third-order valence-corrected chi connectivity index (χ3v) is 17.3. The number of Topliss-reactive ketones (excluding diaryl/α,β-unsaturated/α-hetero) is 2. The van der Waals surface area contributed by atoms with Gasteiger partial charge < -0.3 is 33.5 Å². The number of esters is 2. The maximum absolute atomic E-state index is 13.3. The number of rotatable bonds is 37. The van der Waals surface area contributed by atoms with Crippen molar-refractivity contribution in [1.29, 1.82) is 0 Å². The molecule has 4 aliphatic rings. The minimum atomic E-state index is -3.94. The number of hydrogen-bond acceptors (Lipinski definition) is 14. The van der Waals surface area contributed by atoms with E-state index >= 15 is 0 Å². The first-order valence-electron chi connectivity index (χ1n) is 30.3. The van der Waals surface area contributed by atoms with Crippen LogP contribution in [0.5, 0.6) is 0 Å². The Balaban J connectivity index is 0.000000348. The summed E-state index contributed by atoms with van der Waals surface area (Å²) in [5.41, 5.74) is 0.965. The summed E-state index contributed by atoms with van der Waals surface area (Å²) in [5, 5.41) is 9.93. The van der Waals surface area contributed by atoms with Gasteiger partial charge in [0.2, 0.25) is 0 Å². The highest BCUT2D eigenvalue weighted by atomic mass is 32.2. The molecule has 78 heavy (non-hydrogen) atoms. The fourth-order valence-corrected chi connectivity index (χ4v) is 12.7. The number of carbonyl (C=O) groups is 4. The van der Waals surface area contributed by atoms with Gasteiger partial charge in [-0.2, -0.15) is 8.42 Å². The number of carbonyl (C=O) groups excluding carboxylic acids is 4. The highest BCUT2D eigenvalue weighted by molar-refractivity contribution is 7.86. The molecule has 2 saturated heterocycles. The third-order valence-electron chi connectivity index (χ3n) is 16.0. The number of hydrogen-bond donors (Lipinski definition) is 1. The molecule has 2 saturated carbocycles. The second-order valence-corrected chi connectivity index (χ2v) is 24.6. The molecule has 0 bridgehead atoms. The summed E-state index contributed by atoms with van der Waals surface area (Å²) in [7, 11) is -3.94. The maximum Gasteiger partial charge on any atom is 0.306 e. The fourth-order valence-electron chi connectivity index (χ4n) is 11.8. The Kier molecular flexibility index (Phi) is 31.2. The Morgan fingerprint density at radius 3 is 1.46 bits per heavy atom. The van der Waals surface area contributed by atoms with Crippen molar-refractivity contribution in [2.45, 2.75) is 244 Å². The minimum Gasteiger partial charge on any atom is -0.463 e. The highest BCUT2D eigenvalue weighted by Crippen LogP contribution is 2.45. The summed E-state index contributed by atoms with van der Waals surface area (Å²) >= 11 is 0. The van der Waals surface area contributed by atoms with Crippen molar-refractivity contribution in [3.63, 3.8) is 0 Å². The Labute approximate surface area is 470 Å². The molecule has 1 aromatic carbocycles. The molecule has 2 aliphatic heterocycles. The molecular weight excluding hydrogens is 1010 g/mol. The second kappa shape index (κ2) is 36.2. The second-order valence-electron chi connectivity index (χ2n) is 23.0. The van der Waals surface area contributed by atoms with Crippen LogP contribution in [0.1, 0.15) is 214 Å². The monoisotopic (exact) mass is 1110 g/mol. The lowest BCUT2D eigenvalue weighted by atomic mass is 9.82. The Morgan fingerprint density at radius 1 is 0.615 bits per heavy atom. The standard InChI is InChI=1S/C35H54O8S.C28H48O6/c1-5-6-7-10-13-21-35(40-23-24-41-35)22-20-31-29(26-42-44(38,39)30-18-16-28(4)17-19-30)25-33(36)32(31)14-11-8-9-12-15-34(37)43-27(2)3;1-4-5-6-9-12-16-28(32-18-19-33-28)17-15-24-23(21-29)20-26(30)25(24)13-10-7-8-11-14-27(31)34-22(2)3/h8,11,16-19,27,29,31-32H,5-7,9-10,12-15,20-26H2,1-4H3;7,10,22-25,29H,4-6,8-9,11-21H2,1-3H3/t29-,31-,32?;23-,24-,25?/m00/s1. The number of aliphatic hydroxyl groups is 1. The van der Waals surface area contributed by atoms with Crippen molar-refractivity contribution in [2.24, 2.45) is 35.5 Å². The van der Waals surface area contributed by atoms with Crippen molar-refractivity contribution in [3.05, 3.63) is 54.1 Å². The van der Waals surface area contributed by atoms with Gasteiger partial charge in [-0.25, -0.2) is 0 Å². The minimum absolute atomic E-state index is 0.0275. The van der Waals surface area contributed by atoms with Gasteiger partial charge in [0, 0.05) is 69.8 Å². The van der Waals surface area contributed by atoms with Crippen molar-refractivity contribution in [3.8, 4) is 0 Å². The molecule has 1 N–H and O–H groups in total. The lowest BCUT2D eigenvalue weighted by molar-refractivity contribution is -0.171. The van der Waals surface area contributed by atoms with Crippen LogP contribution in [0.15, 0.2) is 53.5 Å². The summed E-state index contributed by atoms with van der Waals surface area (Å²) in [6, 6.07) is 6.60. The summed E-state index contributed by atoms with van der Waals surface area (Å²) in [6.45, 7) is 16.1. The van der Waals surface area contributed by atoms with Gasteiger partial charge in [-0.3, -0.25) is 23.4 Å². The van der Waals surface area contributed by atoms with E-state index in [1.54, 1.807) is 24.3 Å². The highest BCUT2D eigenvalue weighted by Gasteiger charge is 2.46. The first-order chi connectivity index (χ1) is 37.5. The molecule has 0 radical (unpaired) electrons. The first-order valence-corrected chi connectivity index (χ1v) is 31.7. The normalized spacial score (nSPS) is 23.1. The molecule has 4 fully saturated rings. The van der Waals surface area contributed by atoms with E-state index in [1.165, 1.54) is 44.9 Å². The van der Waals surface area contributed by atoms with Gasteiger partial charge >= 0.3 is 11.9 Å². The van der Waals surface area contributed by atoms with Crippen molar-refractivity contribution in [1.82, 2.24) is 0 Å². The van der Waals surface area contributed by atoms with Crippen LogP contribution in [0.3, 0.4) is 0 Å². The fraction of sp³-hybridized carbons (Fsp3) is 0.778. The van der Waals surface area contributed by atoms with Crippen molar-refractivity contribution in [2.75, 3.05) is 39.6 Å². The molecular formula is C63H102O14S. The topological polar surface area (TPSA) is 187 Å². The average molecular weight is 1120 g/mol. The van der Waals surface area contributed by atoms with E-state index in [9.17, 15) is 32.7 Å². The van der Waals surface area contributed by atoms with Gasteiger partial charge in [0.05, 0.1) is 50.1 Å². The van der Waals surface area contributed by atoms with Crippen LogP contribution in [0, 0.1) is 42.4 Å². The molecule has 5 rings (SSSR count).